The van der Waals surface area contributed by atoms with Gasteiger partial charge in [0.15, 0.2) is 0 Å². The van der Waals surface area contributed by atoms with E-state index in [0.717, 1.165) is 12.1 Å². The number of alkyl halides is 3. The Morgan fingerprint density at radius 1 is 0.952 bits per heavy atom. The summed E-state index contributed by atoms with van der Waals surface area (Å²) in [5, 5.41) is 19.3. The maximum Gasteiger partial charge on any atom is 0.416 e. The molecule has 0 aromatic heterocycles. The highest BCUT2D eigenvalue weighted by Crippen LogP contribution is 2.34. The molecule has 2 rings (SSSR count). The van der Waals surface area contributed by atoms with Gasteiger partial charge in [0.05, 0.1) is 17.2 Å². The molecule has 5 heteroatoms. The molecule has 0 spiro atoms. The van der Waals surface area contributed by atoms with Crippen LogP contribution in [0.3, 0.4) is 0 Å². The highest BCUT2D eigenvalue weighted by atomic mass is 19.4. The number of hydrogen-bond acceptors (Lipinski definition) is 2. The third kappa shape index (κ3) is 3.06. The second kappa shape index (κ2) is 5.23. The molecule has 0 radical (unpaired) electrons. The van der Waals surface area contributed by atoms with Gasteiger partial charge in [0.2, 0.25) is 0 Å². The maximum absolute atomic E-state index is 12.7. The summed E-state index contributed by atoms with van der Waals surface area (Å²) in [6, 6.07) is 12.6. The monoisotopic (exact) mass is 291 g/mol. The van der Waals surface area contributed by atoms with Crippen LogP contribution in [0.15, 0.2) is 48.5 Å². The standard InChI is InChI=1S/C16H12F3NO/c1-15(21,12-7-5-11(10-20)6-8-12)13-3-2-4-14(9-13)16(17,18)19/h2-9,21H,1H3. The van der Waals surface area contributed by atoms with E-state index in [1.165, 1.54) is 43.3 Å². The molecule has 1 atom stereocenters. The van der Waals surface area contributed by atoms with Crippen LogP contribution in [0.2, 0.25) is 0 Å². The molecule has 0 saturated heterocycles. The van der Waals surface area contributed by atoms with E-state index in [4.69, 9.17) is 5.26 Å². The van der Waals surface area contributed by atoms with Crippen LogP contribution in [0.25, 0.3) is 0 Å². The van der Waals surface area contributed by atoms with Gasteiger partial charge in [0, 0.05) is 0 Å². The number of halogens is 3. The number of nitriles is 1. The predicted octanol–water partition coefficient (Wildman–Crippen LogP) is 3.83. The van der Waals surface area contributed by atoms with Gasteiger partial charge in [-0.15, -0.1) is 0 Å². The summed E-state index contributed by atoms with van der Waals surface area (Å²) in [4.78, 5) is 0. The Hall–Kier alpha value is -2.32. The van der Waals surface area contributed by atoms with Crippen molar-refractivity contribution in [1.82, 2.24) is 0 Å². The minimum absolute atomic E-state index is 0.141. The lowest BCUT2D eigenvalue weighted by atomic mass is 9.87. The van der Waals surface area contributed by atoms with Crippen LogP contribution in [0.1, 0.15) is 29.2 Å². The van der Waals surface area contributed by atoms with Crippen LogP contribution < -0.4 is 0 Å². The Morgan fingerprint density at radius 2 is 1.52 bits per heavy atom. The van der Waals surface area contributed by atoms with E-state index in [-0.39, 0.29) is 5.56 Å². The minimum atomic E-state index is -4.46. The van der Waals surface area contributed by atoms with Gasteiger partial charge in [-0.05, 0) is 42.3 Å². The van der Waals surface area contributed by atoms with E-state index in [1.807, 2.05) is 6.07 Å². The van der Waals surface area contributed by atoms with Gasteiger partial charge in [-0.2, -0.15) is 18.4 Å². The zero-order chi connectivity index (χ0) is 15.7. The van der Waals surface area contributed by atoms with Crippen LogP contribution >= 0.6 is 0 Å². The van der Waals surface area contributed by atoms with E-state index < -0.39 is 17.3 Å². The molecule has 1 unspecified atom stereocenters. The summed E-state index contributed by atoms with van der Waals surface area (Å²) in [5.41, 5.74) is -1.41. The lowest BCUT2D eigenvalue weighted by Gasteiger charge is -2.25. The molecule has 21 heavy (non-hydrogen) atoms. The first-order valence-corrected chi connectivity index (χ1v) is 6.16. The quantitative estimate of drug-likeness (QED) is 0.913. The Kier molecular flexibility index (Phi) is 3.75. The van der Waals surface area contributed by atoms with Crippen molar-refractivity contribution in [2.24, 2.45) is 0 Å². The van der Waals surface area contributed by atoms with Gasteiger partial charge in [-0.3, -0.25) is 0 Å². The van der Waals surface area contributed by atoms with Crippen molar-refractivity contribution in [2.45, 2.75) is 18.7 Å². The number of nitrogens with zero attached hydrogens (tertiary/aromatic N) is 1. The second-order valence-corrected chi connectivity index (χ2v) is 4.84. The molecule has 0 heterocycles. The first-order chi connectivity index (χ1) is 9.75. The third-order valence-corrected chi connectivity index (χ3v) is 3.33. The summed E-state index contributed by atoms with van der Waals surface area (Å²) in [6.07, 6.45) is -4.46. The summed E-state index contributed by atoms with van der Waals surface area (Å²) in [7, 11) is 0. The fraction of sp³-hybridized carbons (Fsp3) is 0.188. The van der Waals surface area contributed by atoms with E-state index in [1.54, 1.807) is 0 Å². The van der Waals surface area contributed by atoms with E-state index >= 15 is 0 Å². The van der Waals surface area contributed by atoms with Crippen molar-refractivity contribution in [1.29, 1.82) is 5.26 Å². The lowest BCUT2D eigenvalue weighted by molar-refractivity contribution is -0.137. The van der Waals surface area contributed by atoms with Gasteiger partial charge >= 0.3 is 6.18 Å². The molecular weight excluding hydrogens is 279 g/mol. The molecule has 2 aromatic carbocycles. The third-order valence-electron chi connectivity index (χ3n) is 3.33. The normalized spacial score (nSPS) is 14.3. The van der Waals surface area contributed by atoms with Crippen molar-refractivity contribution in [3.05, 3.63) is 70.8 Å². The molecule has 0 saturated carbocycles. The molecule has 1 N–H and O–H groups in total. The smallest absolute Gasteiger partial charge is 0.381 e. The Morgan fingerprint density at radius 3 is 2.05 bits per heavy atom. The second-order valence-electron chi connectivity index (χ2n) is 4.84. The molecule has 0 fully saturated rings. The van der Waals surface area contributed by atoms with E-state index in [2.05, 4.69) is 0 Å². The first-order valence-electron chi connectivity index (χ1n) is 6.16. The molecule has 0 aliphatic rings. The lowest BCUT2D eigenvalue weighted by Crippen LogP contribution is -2.23. The molecule has 0 bridgehead atoms. The maximum atomic E-state index is 12.7. The van der Waals surface area contributed by atoms with Crippen LogP contribution in [0.4, 0.5) is 13.2 Å². The van der Waals surface area contributed by atoms with Crippen LogP contribution in [0.5, 0.6) is 0 Å². The Labute approximate surface area is 120 Å². The SMILES string of the molecule is CC(O)(c1ccc(C#N)cc1)c1cccc(C(F)(F)F)c1. The molecular formula is C16H12F3NO. The van der Waals surface area contributed by atoms with Crippen LogP contribution in [0, 0.1) is 11.3 Å². The molecule has 108 valence electrons. The average molecular weight is 291 g/mol. The Bertz CT molecular complexity index is 682. The largest absolute Gasteiger partial charge is 0.416 e. The molecule has 0 amide bonds. The van der Waals surface area contributed by atoms with Crippen molar-refractivity contribution < 1.29 is 18.3 Å². The summed E-state index contributed by atoms with van der Waals surface area (Å²) >= 11 is 0. The molecule has 2 nitrogen and oxygen atoms in total. The highest BCUT2D eigenvalue weighted by Gasteiger charge is 2.33. The average Bonchev–Trinajstić information content (AvgIpc) is 2.46. The minimum Gasteiger partial charge on any atom is -0.381 e. The van der Waals surface area contributed by atoms with Crippen LogP contribution in [-0.4, -0.2) is 5.11 Å². The number of aliphatic hydroxyl groups is 1. The summed E-state index contributed by atoms with van der Waals surface area (Å²) in [5.74, 6) is 0. The fourth-order valence-electron chi connectivity index (χ4n) is 2.03. The van der Waals surface area contributed by atoms with Crippen molar-refractivity contribution in [3.63, 3.8) is 0 Å². The first kappa shape index (κ1) is 15.1. The number of rotatable bonds is 2. The van der Waals surface area contributed by atoms with E-state index in [9.17, 15) is 18.3 Å². The van der Waals surface area contributed by atoms with Gasteiger partial charge in [0.1, 0.15) is 5.60 Å². The zero-order valence-corrected chi connectivity index (χ0v) is 11.1. The topological polar surface area (TPSA) is 44.0 Å². The molecule has 0 aliphatic heterocycles. The van der Waals surface area contributed by atoms with Gasteiger partial charge in [-0.25, -0.2) is 0 Å². The zero-order valence-electron chi connectivity index (χ0n) is 11.1. The summed E-state index contributed by atoms with van der Waals surface area (Å²) < 4.78 is 38.2. The van der Waals surface area contributed by atoms with Gasteiger partial charge in [0.25, 0.3) is 0 Å². The van der Waals surface area contributed by atoms with Gasteiger partial charge < -0.3 is 5.11 Å². The number of hydrogen-bond donors (Lipinski definition) is 1. The fourth-order valence-corrected chi connectivity index (χ4v) is 2.03. The Balaban J connectivity index is 2.45. The van der Waals surface area contributed by atoms with Gasteiger partial charge in [-0.1, -0.05) is 24.3 Å². The van der Waals surface area contributed by atoms with Crippen molar-refractivity contribution in [3.8, 4) is 6.07 Å². The van der Waals surface area contributed by atoms with Crippen molar-refractivity contribution in [2.75, 3.05) is 0 Å². The van der Waals surface area contributed by atoms with Crippen molar-refractivity contribution >= 4 is 0 Å². The summed E-state index contributed by atoms with van der Waals surface area (Å²) in [6.45, 7) is 1.42. The highest BCUT2D eigenvalue weighted by molar-refractivity contribution is 5.40. The van der Waals surface area contributed by atoms with Crippen LogP contribution in [-0.2, 0) is 11.8 Å². The molecule has 2 aromatic rings. The molecule has 0 aliphatic carbocycles. The number of benzene rings is 2. The predicted molar refractivity (Wildman–Crippen MR) is 71.3 cm³/mol. The van der Waals surface area contributed by atoms with E-state index in [0.29, 0.717) is 11.1 Å².